The van der Waals surface area contributed by atoms with E-state index in [-0.39, 0.29) is 17.9 Å². The average Bonchev–Trinajstić information content (AvgIpc) is 3.40. The molecule has 8 nitrogen and oxygen atoms in total. The molecule has 0 bridgehead atoms. The number of nitrogens with one attached hydrogen (secondary N) is 1. The van der Waals surface area contributed by atoms with Crippen molar-refractivity contribution in [3.05, 3.63) is 52.4 Å². The zero-order chi connectivity index (χ0) is 25.4. The molecule has 1 N–H and O–H groups in total. The van der Waals surface area contributed by atoms with Crippen LogP contribution in [0.3, 0.4) is 0 Å². The molecule has 5 rings (SSSR count). The van der Waals surface area contributed by atoms with Crippen molar-refractivity contribution in [2.24, 2.45) is 17.8 Å². The number of aromatic nitrogens is 3. The molecule has 0 amide bonds. The zero-order valence-corrected chi connectivity index (χ0v) is 21.7. The third-order valence-electron chi connectivity index (χ3n) is 7.84. The lowest BCUT2D eigenvalue weighted by molar-refractivity contribution is -0.598. The number of aryl methyl sites for hydroxylation is 1. The fraction of sp³-hybridized carbons (Fsp3) is 0.571. The van der Waals surface area contributed by atoms with Gasteiger partial charge in [-0.1, -0.05) is 38.5 Å². The summed E-state index contributed by atoms with van der Waals surface area (Å²) in [5.74, 6) is 1.45. The van der Waals surface area contributed by atoms with E-state index in [4.69, 9.17) is 21.0 Å². The zero-order valence-electron chi connectivity index (χ0n) is 21.7. The maximum Gasteiger partial charge on any atom is 0.368 e. The summed E-state index contributed by atoms with van der Waals surface area (Å²) in [4.78, 5) is 24.8. The number of carbonyl (C=O) groups excluding carboxylic acids is 1. The number of ether oxygens (including phenoxy) is 2. The molecule has 1 saturated carbocycles. The topological polar surface area (TPSA) is 77.7 Å². The highest BCUT2D eigenvalue weighted by Crippen LogP contribution is 2.35. The molecule has 1 aliphatic carbocycles. The highest BCUT2D eigenvalue weighted by Gasteiger charge is 2.47. The lowest BCUT2D eigenvalue weighted by Gasteiger charge is -2.37. The van der Waals surface area contributed by atoms with Crippen molar-refractivity contribution in [2.75, 3.05) is 32.8 Å². The molecular weight excluding hydrogens is 454 g/mol. The number of fused-ring (bicyclic) bond motifs is 1. The molecule has 0 radical (unpaired) electrons. The minimum Gasteiger partial charge on any atom is -0.458 e. The first kappa shape index (κ1) is 24.7. The van der Waals surface area contributed by atoms with Crippen LogP contribution in [0, 0.1) is 37.0 Å². The van der Waals surface area contributed by atoms with Crippen molar-refractivity contribution in [2.45, 2.75) is 52.7 Å². The Morgan fingerprint density at radius 1 is 1.19 bits per heavy atom. The van der Waals surface area contributed by atoms with Crippen LogP contribution in [-0.4, -0.2) is 65.9 Å². The predicted molar refractivity (Wildman–Crippen MR) is 135 cm³/mol. The molecule has 1 aromatic heterocycles. The second kappa shape index (κ2) is 10.2. The van der Waals surface area contributed by atoms with Gasteiger partial charge in [0.25, 0.3) is 5.82 Å². The molecule has 2 aromatic rings. The van der Waals surface area contributed by atoms with Crippen molar-refractivity contribution in [3.63, 3.8) is 0 Å². The van der Waals surface area contributed by atoms with Crippen LogP contribution in [-0.2, 0) is 14.3 Å². The number of esters is 1. The molecule has 3 heterocycles. The maximum atomic E-state index is 13.7. The van der Waals surface area contributed by atoms with E-state index in [1.54, 1.807) is 0 Å². The molecule has 3 aliphatic rings. The van der Waals surface area contributed by atoms with Gasteiger partial charge in [0, 0.05) is 18.7 Å². The van der Waals surface area contributed by atoms with E-state index < -0.39 is 12.0 Å². The van der Waals surface area contributed by atoms with Gasteiger partial charge in [-0.2, -0.15) is 5.10 Å². The SMILES string of the molecule is [C-]#[N+]C1C(C(=O)OC2C(C)CC(C)CC2C)=c2nc(-c3ccc(C)cc3)[nH][n+]2=C1CN1CCOCC1. The van der Waals surface area contributed by atoms with Crippen LogP contribution in [0.15, 0.2) is 24.3 Å². The number of H-pyrrole nitrogens is 1. The van der Waals surface area contributed by atoms with Crippen LogP contribution in [0.2, 0.25) is 0 Å². The minimum atomic E-state index is -0.723. The number of hydrogen-bond acceptors (Lipinski definition) is 5. The minimum absolute atomic E-state index is 0.153. The number of benzene rings is 1. The molecular formula is C28H36N5O3+. The normalized spacial score (nSPS) is 28.6. The van der Waals surface area contributed by atoms with E-state index in [0.717, 1.165) is 37.2 Å². The van der Waals surface area contributed by atoms with Crippen LogP contribution in [0.5, 0.6) is 0 Å². The average molecular weight is 491 g/mol. The second-order valence-corrected chi connectivity index (χ2v) is 10.8. The standard InChI is InChI=1S/C28H35N5O3/c1-17-6-8-21(9-7-17)26-30-27-23(28(34)36-25-19(3)14-18(2)15-20(25)4)24(29-5)22(33(27)31-26)16-32-10-12-35-13-11-32/h6-9,18-20,24-25H,10-16H2,1-4H3/p+1. The quantitative estimate of drug-likeness (QED) is 0.396. The summed E-state index contributed by atoms with van der Waals surface area (Å²) in [7, 11) is 0. The Labute approximate surface area is 212 Å². The molecule has 2 aliphatic heterocycles. The van der Waals surface area contributed by atoms with E-state index in [2.05, 4.69) is 35.6 Å². The lowest BCUT2D eigenvalue weighted by Crippen LogP contribution is -2.45. The van der Waals surface area contributed by atoms with Crippen LogP contribution < -0.4 is 9.84 Å². The highest BCUT2D eigenvalue weighted by molar-refractivity contribution is 6.12. The van der Waals surface area contributed by atoms with E-state index in [1.807, 2.05) is 35.5 Å². The fourth-order valence-electron chi connectivity index (χ4n) is 6.08. The largest absolute Gasteiger partial charge is 0.458 e. The Morgan fingerprint density at radius 3 is 2.50 bits per heavy atom. The summed E-state index contributed by atoms with van der Waals surface area (Å²) in [6, 6.07) is 7.39. The summed E-state index contributed by atoms with van der Waals surface area (Å²) in [6.45, 7) is 20.1. The highest BCUT2D eigenvalue weighted by atomic mass is 16.5. The Balaban J connectivity index is 1.56. The molecule has 3 unspecified atom stereocenters. The van der Waals surface area contributed by atoms with Gasteiger partial charge in [-0.25, -0.2) is 11.4 Å². The first-order valence-electron chi connectivity index (χ1n) is 13.1. The van der Waals surface area contributed by atoms with Crippen LogP contribution in [0.1, 0.15) is 39.2 Å². The predicted octanol–water partition coefficient (Wildman–Crippen LogP) is 2.45. The molecule has 1 saturated heterocycles. The molecule has 8 heteroatoms. The Morgan fingerprint density at radius 2 is 1.86 bits per heavy atom. The van der Waals surface area contributed by atoms with Crippen molar-refractivity contribution >= 4 is 11.5 Å². The molecule has 0 spiro atoms. The Bertz CT molecular complexity index is 1270. The van der Waals surface area contributed by atoms with Gasteiger partial charge in [0.2, 0.25) is 11.3 Å². The maximum absolute atomic E-state index is 13.7. The van der Waals surface area contributed by atoms with Gasteiger partial charge in [-0.05, 0) is 54.6 Å². The molecule has 190 valence electrons. The summed E-state index contributed by atoms with van der Waals surface area (Å²) in [5.41, 5.74) is 3.76. The summed E-state index contributed by atoms with van der Waals surface area (Å²) >= 11 is 0. The lowest BCUT2D eigenvalue weighted by atomic mass is 9.75. The number of carbonyl (C=O) groups is 1. The monoisotopic (exact) mass is 490 g/mol. The van der Waals surface area contributed by atoms with E-state index in [1.165, 1.54) is 5.56 Å². The van der Waals surface area contributed by atoms with Crippen LogP contribution in [0.4, 0.5) is 0 Å². The van der Waals surface area contributed by atoms with Crippen molar-refractivity contribution in [3.8, 4) is 11.4 Å². The Kier molecular flexibility index (Phi) is 6.96. The van der Waals surface area contributed by atoms with E-state index in [0.29, 0.717) is 42.6 Å². The third kappa shape index (κ3) is 4.70. The first-order valence-corrected chi connectivity index (χ1v) is 13.1. The molecule has 1 aromatic carbocycles. The second-order valence-electron chi connectivity index (χ2n) is 10.8. The van der Waals surface area contributed by atoms with Crippen LogP contribution >= 0.6 is 0 Å². The number of nitrogens with zero attached hydrogens (tertiary/aromatic N) is 4. The van der Waals surface area contributed by atoms with Gasteiger partial charge in [-0.15, -0.1) is 4.36 Å². The van der Waals surface area contributed by atoms with E-state index >= 15 is 0 Å². The van der Waals surface area contributed by atoms with Gasteiger partial charge in [0.1, 0.15) is 6.10 Å². The molecule has 3 atom stereocenters. The number of aromatic amines is 1. The summed E-state index contributed by atoms with van der Waals surface area (Å²) in [5, 5.41) is 3.38. The van der Waals surface area contributed by atoms with Crippen molar-refractivity contribution < 1.29 is 18.6 Å². The Hall–Kier alpha value is -3.02. The number of morpholine rings is 1. The van der Waals surface area contributed by atoms with E-state index in [9.17, 15) is 4.79 Å². The summed E-state index contributed by atoms with van der Waals surface area (Å²) < 4.78 is 13.5. The molecule has 36 heavy (non-hydrogen) atoms. The van der Waals surface area contributed by atoms with Gasteiger partial charge >= 0.3 is 17.5 Å². The van der Waals surface area contributed by atoms with Crippen molar-refractivity contribution in [1.82, 2.24) is 15.0 Å². The van der Waals surface area contributed by atoms with Gasteiger partial charge in [-0.3, -0.25) is 9.74 Å². The molecule has 2 fully saturated rings. The summed E-state index contributed by atoms with van der Waals surface area (Å²) in [6.07, 6.45) is 1.93. The van der Waals surface area contributed by atoms with Gasteiger partial charge in [0.15, 0.2) is 0 Å². The van der Waals surface area contributed by atoms with Gasteiger partial charge < -0.3 is 9.47 Å². The fourth-order valence-corrected chi connectivity index (χ4v) is 6.08. The smallest absolute Gasteiger partial charge is 0.368 e. The number of rotatable bonds is 5. The third-order valence-corrected chi connectivity index (χ3v) is 7.84. The van der Waals surface area contributed by atoms with Crippen molar-refractivity contribution in [1.29, 1.82) is 0 Å². The van der Waals surface area contributed by atoms with Gasteiger partial charge in [0.05, 0.1) is 19.8 Å². The number of hydrogen-bond donors (Lipinski definition) is 1. The van der Waals surface area contributed by atoms with Crippen LogP contribution in [0.25, 0.3) is 21.8 Å². The first-order chi connectivity index (χ1) is 17.4.